The van der Waals surface area contributed by atoms with E-state index in [1.807, 2.05) is 6.92 Å². The second kappa shape index (κ2) is 2.97. The van der Waals surface area contributed by atoms with Gasteiger partial charge in [-0.05, 0) is 12.5 Å². The zero-order chi connectivity index (χ0) is 9.30. The Kier molecular flexibility index (Phi) is 2.17. The van der Waals surface area contributed by atoms with E-state index in [-0.39, 0.29) is 5.91 Å². The van der Waals surface area contributed by atoms with Crippen LogP contribution in [0.15, 0.2) is 6.20 Å². The van der Waals surface area contributed by atoms with Gasteiger partial charge in [0.25, 0.3) is 5.91 Å². The molecule has 0 spiro atoms. The number of hydrogen-bond donors (Lipinski definition) is 0. The number of rotatable bonds is 1. The van der Waals surface area contributed by atoms with Crippen LogP contribution in [0.4, 0.5) is 0 Å². The van der Waals surface area contributed by atoms with Crippen LogP contribution < -0.4 is 0 Å². The van der Waals surface area contributed by atoms with Crippen LogP contribution in [-0.2, 0) is 7.05 Å². The summed E-state index contributed by atoms with van der Waals surface area (Å²) >= 11 is 0. The van der Waals surface area contributed by atoms with Crippen LogP contribution in [0.25, 0.3) is 0 Å². The summed E-state index contributed by atoms with van der Waals surface area (Å²) in [4.78, 5) is 13.1. The Labute approximate surface area is 71.8 Å². The van der Waals surface area contributed by atoms with E-state index < -0.39 is 0 Å². The van der Waals surface area contributed by atoms with Crippen molar-refractivity contribution in [2.75, 3.05) is 14.1 Å². The van der Waals surface area contributed by atoms with E-state index in [2.05, 4.69) is 5.10 Å². The van der Waals surface area contributed by atoms with Crippen molar-refractivity contribution in [3.05, 3.63) is 17.5 Å². The fourth-order valence-corrected chi connectivity index (χ4v) is 1.07. The normalized spacial score (nSPS) is 10.0. The molecule has 4 heteroatoms. The van der Waals surface area contributed by atoms with Crippen LogP contribution in [-0.4, -0.2) is 34.7 Å². The summed E-state index contributed by atoms with van der Waals surface area (Å²) in [6.07, 6.45) is 1.69. The lowest BCUT2D eigenvalue weighted by molar-refractivity contribution is 0.0816. The third kappa shape index (κ3) is 1.32. The maximum absolute atomic E-state index is 11.5. The highest BCUT2D eigenvalue weighted by molar-refractivity contribution is 5.93. The predicted octanol–water partition coefficient (Wildman–Crippen LogP) is 0.430. The minimum absolute atomic E-state index is 0.00694. The lowest BCUT2D eigenvalue weighted by Gasteiger charge is -2.10. The Morgan fingerprint density at radius 2 is 2.17 bits per heavy atom. The Hall–Kier alpha value is -1.32. The third-order valence-corrected chi connectivity index (χ3v) is 1.73. The molecule has 0 N–H and O–H groups in total. The summed E-state index contributed by atoms with van der Waals surface area (Å²) in [5.41, 5.74) is 1.57. The lowest BCUT2D eigenvalue weighted by atomic mass is 10.2. The van der Waals surface area contributed by atoms with Gasteiger partial charge in [-0.15, -0.1) is 0 Å². The smallest absolute Gasteiger partial charge is 0.271 e. The Bertz CT molecular complexity index is 282. The highest BCUT2D eigenvalue weighted by Crippen LogP contribution is 2.06. The van der Waals surface area contributed by atoms with Crippen molar-refractivity contribution >= 4 is 5.91 Å². The Morgan fingerprint density at radius 3 is 2.50 bits per heavy atom. The number of carbonyl (C=O) groups is 1. The number of aromatic nitrogens is 2. The van der Waals surface area contributed by atoms with Crippen LogP contribution in [0.2, 0.25) is 0 Å². The monoisotopic (exact) mass is 167 g/mol. The van der Waals surface area contributed by atoms with Crippen LogP contribution in [0.1, 0.15) is 16.1 Å². The number of carbonyl (C=O) groups excluding carboxylic acids is 1. The minimum atomic E-state index is -0.00694. The molecular weight excluding hydrogens is 154 g/mol. The average Bonchev–Trinajstić information content (AvgIpc) is 2.30. The molecule has 0 saturated heterocycles. The number of nitrogens with zero attached hydrogens (tertiary/aromatic N) is 3. The number of amides is 1. The molecule has 0 radical (unpaired) electrons. The fraction of sp³-hybridized carbons (Fsp3) is 0.500. The van der Waals surface area contributed by atoms with E-state index in [9.17, 15) is 4.79 Å². The maximum atomic E-state index is 11.5. The first-order valence-electron chi connectivity index (χ1n) is 3.74. The van der Waals surface area contributed by atoms with Crippen molar-refractivity contribution in [1.29, 1.82) is 0 Å². The molecule has 0 aliphatic rings. The van der Waals surface area contributed by atoms with Crippen LogP contribution in [0.5, 0.6) is 0 Å². The molecule has 0 aromatic carbocycles. The lowest BCUT2D eigenvalue weighted by Crippen LogP contribution is -2.24. The van der Waals surface area contributed by atoms with Gasteiger partial charge in [-0.2, -0.15) is 5.10 Å². The number of hydrogen-bond acceptors (Lipinski definition) is 2. The van der Waals surface area contributed by atoms with Gasteiger partial charge in [0.1, 0.15) is 5.69 Å². The molecular formula is C8H13N3O. The molecule has 66 valence electrons. The van der Waals surface area contributed by atoms with Crippen molar-refractivity contribution in [2.45, 2.75) is 6.92 Å². The van der Waals surface area contributed by atoms with E-state index >= 15 is 0 Å². The zero-order valence-corrected chi connectivity index (χ0v) is 7.83. The van der Waals surface area contributed by atoms with Crippen LogP contribution in [0, 0.1) is 6.92 Å². The van der Waals surface area contributed by atoms with Crippen molar-refractivity contribution in [1.82, 2.24) is 14.7 Å². The van der Waals surface area contributed by atoms with Gasteiger partial charge in [0.15, 0.2) is 0 Å². The van der Waals surface area contributed by atoms with Gasteiger partial charge in [-0.25, -0.2) is 0 Å². The molecule has 1 rings (SSSR count). The van der Waals surface area contributed by atoms with Crippen molar-refractivity contribution < 1.29 is 4.79 Å². The van der Waals surface area contributed by atoms with E-state index in [0.717, 1.165) is 5.56 Å². The van der Waals surface area contributed by atoms with Crippen molar-refractivity contribution in [3.8, 4) is 0 Å². The molecule has 0 aliphatic carbocycles. The third-order valence-electron chi connectivity index (χ3n) is 1.73. The molecule has 1 aromatic heterocycles. The van der Waals surface area contributed by atoms with E-state index in [1.54, 1.807) is 36.9 Å². The summed E-state index contributed by atoms with van der Waals surface area (Å²) in [7, 11) is 5.23. The van der Waals surface area contributed by atoms with Crippen LogP contribution >= 0.6 is 0 Å². The van der Waals surface area contributed by atoms with Gasteiger partial charge in [-0.3, -0.25) is 9.48 Å². The van der Waals surface area contributed by atoms with Gasteiger partial charge in [-0.1, -0.05) is 0 Å². The minimum Gasteiger partial charge on any atom is -0.343 e. The Morgan fingerprint density at radius 1 is 1.58 bits per heavy atom. The van der Waals surface area contributed by atoms with Gasteiger partial charge in [0, 0.05) is 21.1 Å². The zero-order valence-electron chi connectivity index (χ0n) is 7.83. The quantitative estimate of drug-likeness (QED) is 0.608. The van der Waals surface area contributed by atoms with Gasteiger partial charge in [0.05, 0.1) is 6.20 Å². The molecule has 0 atom stereocenters. The second-order valence-electron chi connectivity index (χ2n) is 3.00. The van der Waals surface area contributed by atoms with Crippen molar-refractivity contribution in [3.63, 3.8) is 0 Å². The molecule has 0 bridgehead atoms. The first-order chi connectivity index (χ1) is 5.54. The molecule has 0 fully saturated rings. The summed E-state index contributed by atoms with van der Waals surface area (Å²) < 4.78 is 1.59. The number of aryl methyl sites for hydroxylation is 2. The largest absolute Gasteiger partial charge is 0.343 e. The molecule has 12 heavy (non-hydrogen) atoms. The van der Waals surface area contributed by atoms with Gasteiger partial charge in [0.2, 0.25) is 0 Å². The Balaban J connectivity index is 3.09. The summed E-state index contributed by atoms with van der Waals surface area (Å²) in [6, 6.07) is 0. The van der Waals surface area contributed by atoms with Gasteiger partial charge < -0.3 is 4.90 Å². The average molecular weight is 167 g/mol. The van der Waals surface area contributed by atoms with Crippen molar-refractivity contribution in [2.24, 2.45) is 7.05 Å². The van der Waals surface area contributed by atoms with E-state index in [0.29, 0.717) is 5.69 Å². The summed E-state index contributed by atoms with van der Waals surface area (Å²) in [5, 5.41) is 3.99. The highest BCUT2D eigenvalue weighted by Gasteiger charge is 2.14. The topological polar surface area (TPSA) is 38.1 Å². The van der Waals surface area contributed by atoms with Gasteiger partial charge >= 0.3 is 0 Å². The summed E-state index contributed by atoms with van der Waals surface area (Å²) in [6.45, 7) is 1.88. The second-order valence-corrected chi connectivity index (χ2v) is 3.00. The maximum Gasteiger partial charge on any atom is 0.271 e. The first-order valence-corrected chi connectivity index (χ1v) is 3.74. The molecule has 0 saturated carbocycles. The fourth-order valence-electron chi connectivity index (χ4n) is 1.07. The highest BCUT2D eigenvalue weighted by atomic mass is 16.2. The van der Waals surface area contributed by atoms with E-state index in [4.69, 9.17) is 0 Å². The molecule has 0 aliphatic heterocycles. The van der Waals surface area contributed by atoms with E-state index in [1.165, 1.54) is 0 Å². The summed E-state index contributed by atoms with van der Waals surface area (Å²) in [5.74, 6) is -0.00694. The molecule has 4 nitrogen and oxygen atoms in total. The molecule has 1 amide bonds. The molecule has 1 aromatic rings. The molecule has 1 heterocycles. The predicted molar refractivity (Wildman–Crippen MR) is 46.0 cm³/mol. The van der Waals surface area contributed by atoms with Crippen LogP contribution in [0.3, 0.4) is 0 Å². The SMILES string of the molecule is Cc1cnn(C)c1C(=O)N(C)C. The molecule has 0 unspecified atom stereocenters. The standard InChI is InChI=1S/C8H13N3O/c1-6-5-9-11(4)7(6)8(12)10(2)3/h5H,1-4H3. The first kappa shape index (κ1) is 8.77.